The highest BCUT2D eigenvalue weighted by Gasteiger charge is 2.20. The molecule has 0 aliphatic heterocycles. The van der Waals surface area contributed by atoms with Crippen LogP contribution in [0.5, 0.6) is 0 Å². The average Bonchev–Trinajstić information content (AvgIpc) is 2.74. The highest BCUT2D eigenvalue weighted by molar-refractivity contribution is 7.51. The minimum absolute atomic E-state index is 0.244. The number of anilines is 1. The van der Waals surface area contributed by atoms with E-state index in [0.717, 1.165) is 0 Å². The molecule has 2 aromatic heterocycles. The van der Waals surface area contributed by atoms with Crippen LogP contribution < -0.4 is 5.73 Å². The molecule has 0 radical (unpaired) electrons. The Morgan fingerprint density at radius 1 is 1.47 bits per heavy atom. The van der Waals surface area contributed by atoms with Crippen LogP contribution in [0.1, 0.15) is 19.6 Å². The largest absolute Gasteiger partial charge is 0.382 e. The van der Waals surface area contributed by atoms with Crippen molar-refractivity contribution in [3.05, 3.63) is 12.7 Å². The molecule has 2 rings (SSSR count). The summed E-state index contributed by atoms with van der Waals surface area (Å²) in [7, 11) is -4.22. The number of rotatable bonds is 5. The van der Waals surface area contributed by atoms with Crippen molar-refractivity contribution >= 4 is 24.6 Å². The summed E-state index contributed by atoms with van der Waals surface area (Å²) in [5.74, 6) is 0.244. The lowest BCUT2D eigenvalue weighted by Crippen LogP contribution is -2.13. The Balaban J connectivity index is 2.31. The summed E-state index contributed by atoms with van der Waals surface area (Å²) in [5.41, 5.74) is 6.56. The zero-order valence-corrected chi connectivity index (χ0v) is 11.1. The van der Waals surface area contributed by atoms with E-state index in [1.54, 1.807) is 4.57 Å². The third-order valence-corrected chi connectivity index (χ3v) is 2.97. The lowest BCUT2D eigenvalue weighted by atomic mass is 10.4. The van der Waals surface area contributed by atoms with Gasteiger partial charge >= 0.3 is 7.60 Å². The molecular formula is C9H14N5O4P. The van der Waals surface area contributed by atoms with Gasteiger partial charge in [-0.25, -0.2) is 15.0 Å². The van der Waals surface area contributed by atoms with E-state index in [9.17, 15) is 4.57 Å². The molecule has 0 saturated heterocycles. The first-order chi connectivity index (χ1) is 8.92. The quantitative estimate of drug-likeness (QED) is 0.675. The highest BCUT2D eigenvalue weighted by Crippen LogP contribution is 2.36. The highest BCUT2D eigenvalue weighted by atomic mass is 31.2. The lowest BCUT2D eigenvalue weighted by molar-refractivity contribution is 0.0218. The van der Waals surface area contributed by atoms with E-state index in [1.165, 1.54) is 12.7 Å². The van der Waals surface area contributed by atoms with Crippen molar-refractivity contribution in [3.8, 4) is 0 Å². The molecule has 10 heteroatoms. The molecule has 0 bridgehead atoms. The van der Waals surface area contributed by atoms with E-state index in [0.29, 0.717) is 17.6 Å². The Morgan fingerprint density at radius 2 is 2.21 bits per heavy atom. The number of imidazole rings is 1. The van der Waals surface area contributed by atoms with Crippen molar-refractivity contribution in [1.82, 2.24) is 19.5 Å². The fourth-order valence-electron chi connectivity index (χ4n) is 1.66. The summed E-state index contributed by atoms with van der Waals surface area (Å²) in [5, 5.41) is 0. The Kier molecular flexibility index (Phi) is 3.81. The lowest BCUT2D eigenvalue weighted by Gasteiger charge is -2.18. The predicted molar refractivity (Wildman–Crippen MR) is 67.1 cm³/mol. The van der Waals surface area contributed by atoms with E-state index in [-0.39, 0.29) is 5.82 Å². The third-order valence-electron chi connectivity index (χ3n) is 2.48. The smallest absolute Gasteiger partial charge is 0.351 e. The van der Waals surface area contributed by atoms with Gasteiger partial charge in [-0.15, -0.1) is 0 Å². The van der Waals surface area contributed by atoms with Crippen LogP contribution in [0.3, 0.4) is 0 Å². The van der Waals surface area contributed by atoms with Crippen LogP contribution in [-0.2, 0) is 9.30 Å². The molecule has 0 fully saturated rings. The summed E-state index contributed by atoms with van der Waals surface area (Å²) in [6.45, 7) is 1.82. The summed E-state index contributed by atoms with van der Waals surface area (Å²) in [4.78, 5) is 29.6. The van der Waals surface area contributed by atoms with Crippen molar-refractivity contribution in [1.29, 1.82) is 0 Å². The Morgan fingerprint density at radius 3 is 2.84 bits per heavy atom. The molecule has 9 nitrogen and oxygen atoms in total. The molecule has 0 amide bonds. The van der Waals surface area contributed by atoms with E-state index >= 15 is 0 Å². The van der Waals surface area contributed by atoms with E-state index < -0.39 is 20.2 Å². The second-order valence-corrected chi connectivity index (χ2v) is 5.49. The molecule has 2 aromatic rings. The van der Waals surface area contributed by atoms with E-state index in [1.807, 2.05) is 6.92 Å². The third kappa shape index (κ3) is 3.07. The number of ether oxygens (including phenoxy) is 1. The molecule has 4 N–H and O–H groups in total. The molecule has 1 unspecified atom stereocenters. The maximum atomic E-state index is 10.8. The van der Waals surface area contributed by atoms with Gasteiger partial charge in [0.05, 0.1) is 6.33 Å². The normalized spacial score (nSPS) is 13.8. The standard InChI is InChI=1S/C9H14N5O4P/c1-2-6(18-5-19(15,16)17)14-4-13-7-8(10)11-3-12-9(7)14/h3-4,6H,2,5H2,1H3,(H2,10,11,12)(H2,15,16,17). The van der Waals surface area contributed by atoms with Crippen molar-refractivity contribution in [2.24, 2.45) is 0 Å². The molecule has 0 saturated carbocycles. The van der Waals surface area contributed by atoms with Crippen LogP contribution in [0.15, 0.2) is 12.7 Å². The van der Waals surface area contributed by atoms with Gasteiger partial charge in [0.25, 0.3) is 0 Å². The van der Waals surface area contributed by atoms with E-state index in [2.05, 4.69) is 15.0 Å². The zero-order valence-electron chi connectivity index (χ0n) is 10.2. The van der Waals surface area contributed by atoms with Gasteiger partial charge in [0.1, 0.15) is 18.1 Å². The summed E-state index contributed by atoms with van der Waals surface area (Å²) in [6.07, 6.45) is 2.02. The fourth-order valence-corrected chi connectivity index (χ4v) is 2.03. The Bertz CT molecular complexity index is 624. The first-order valence-electron chi connectivity index (χ1n) is 5.51. The number of nitrogens with zero attached hydrogens (tertiary/aromatic N) is 4. The predicted octanol–water partition coefficient (Wildman–Crippen LogP) is 0.469. The second kappa shape index (κ2) is 5.22. The Labute approximate surface area is 108 Å². The number of nitrogen functional groups attached to an aromatic ring is 1. The zero-order chi connectivity index (χ0) is 14.0. The molecule has 0 spiro atoms. The summed E-state index contributed by atoms with van der Waals surface area (Å²) >= 11 is 0. The van der Waals surface area contributed by atoms with Gasteiger partial charge in [0.2, 0.25) is 0 Å². The molecule has 0 aromatic carbocycles. The SMILES string of the molecule is CCC(OCP(=O)(O)O)n1cnc2c(N)ncnc21. The van der Waals surface area contributed by atoms with E-state index in [4.69, 9.17) is 20.3 Å². The minimum Gasteiger partial charge on any atom is -0.382 e. The first-order valence-corrected chi connectivity index (χ1v) is 7.31. The molecule has 19 heavy (non-hydrogen) atoms. The van der Waals surface area contributed by atoms with Gasteiger partial charge in [0, 0.05) is 0 Å². The van der Waals surface area contributed by atoms with Crippen molar-refractivity contribution in [2.75, 3.05) is 12.1 Å². The molecule has 1 atom stereocenters. The maximum absolute atomic E-state index is 10.8. The van der Waals surface area contributed by atoms with Crippen molar-refractivity contribution in [3.63, 3.8) is 0 Å². The number of hydrogen-bond donors (Lipinski definition) is 3. The summed E-state index contributed by atoms with van der Waals surface area (Å²) < 4.78 is 17.6. The number of hydrogen-bond acceptors (Lipinski definition) is 6. The van der Waals surface area contributed by atoms with Crippen LogP contribution in [0.2, 0.25) is 0 Å². The van der Waals surface area contributed by atoms with Gasteiger partial charge in [-0.05, 0) is 6.42 Å². The van der Waals surface area contributed by atoms with Crippen LogP contribution in [0.4, 0.5) is 5.82 Å². The molecule has 104 valence electrons. The minimum atomic E-state index is -4.22. The first kappa shape index (κ1) is 13.9. The second-order valence-electron chi connectivity index (χ2n) is 3.91. The summed E-state index contributed by atoms with van der Waals surface area (Å²) in [6, 6.07) is 0. The number of fused-ring (bicyclic) bond motifs is 1. The van der Waals surface area contributed by atoms with Gasteiger partial charge in [-0.2, -0.15) is 0 Å². The molecule has 0 aliphatic carbocycles. The Hall–Kier alpha value is -1.54. The van der Waals surface area contributed by atoms with Crippen molar-refractivity contribution < 1.29 is 19.1 Å². The van der Waals surface area contributed by atoms with Crippen LogP contribution in [-0.4, -0.2) is 35.7 Å². The van der Waals surface area contributed by atoms with Gasteiger partial charge in [-0.1, -0.05) is 6.92 Å². The molecule has 2 heterocycles. The average molecular weight is 287 g/mol. The maximum Gasteiger partial charge on any atom is 0.351 e. The number of aromatic nitrogens is 4. The van der Waals surface area contributed by atoms with Crippen molar-refractivity contribution in [2.45, 2.75) is 19.6 Å². The molecule has 0 aliphatic rings. The number of nitrogens with two attached hydrogens (primary N) is 1. The van der Waals surface area contributed by atoms with Crippen LogP contribution in [0.25, 0.3) is 11.2 Å². The topological polar surface area (TPSA) is 136 Å². The van der Waals surface area contributed by atoms with Gasteiger partial charge in [-0.3, -0.25) is 9.13 Å². The van der Waals surface area contributed by atoms with Gasteiger partial charge in [0.15, 0.2) is 17.8 Å². The fraction of sp³-hybridized carbons (Fsp3) is 0.444. The van der Waals surface area contributed by atoms with Crippen LogP contribution in [0, 0.1) is 0 Å². The van der Waals surface area contributed by atoms with Gasteiger partial charge < -0.3 is 20.3 Å². The monoisotopic (exact) mass is 287 g/mol. The molecular weight excluding hydrogens is 273 g/mol. The van der Waals surface area contributed by atoms with Crippen LogP contribution >= 0.6 is 7.60 Å².